The highest BCUT2D eigenvalue weighted by Crippen LogP contribution is 2.27. The first-order chi connectivity index (χ1) is 13.9. The summed E-state index contributed by atoms with van der Waals surface area (Å²) in [6.07, 6.45) is 0. The summed E-state index contributed by atoms with van der Waals surface area (Å²) >= 11 is 1.39. The molecule has 0 spiro atoms. The van der Waals surface area contributed by atoms with Crippen LogP contribution in [-0.4, -0.2) is 59.3 Å². The van der Waals surface area contributed by atoms with Gasteiger partial charge in [-0.25, -0.2) is 0 Å². The Morgan fingerprint density at radius 2 is 1.79 bits per heavy atom. The summed E-state index contributed by atoms with van der Waals surface area (Å²) in [5.41, 5.74) is 3.09. The van der Waals surface area contributed by atoms with Crippen molar-refractivity contribution in [3.8, 4) is 0 Å². The monoisotopic (exact) mass is 411 g/mol. The van der Waals surface area contributed by atoms with Gasteiger partial charge in [0.25, 0.3) is 0 Å². The average molecular weight is 412 g/mol. The van der Waals surface area contributed by atoms with Crippen molar-refractivity contribution < 1.29 is 9.59 Å². The molecule has 0 radical (unpaired) electrons. The molecule has 5 nitrogen and oxygen atoms in total. The van der Waals surface area contributed by atoms with Gasteiger partial charge in [0.15, 0.2) is 0 Å². The number of likely N-dealkylation sites (N-methyl/N-ethyl adjacent to an activating group) is 1. The number of benzene rings is 2. The summed E-state index contributed by atoms with van der Waals surface area (Å²) in [6.45, 7) is 6.29. The summed E-state index contributed by atoms with van der Waals surface area (Å²) in [5.74, 6) is 0.265. The van der Waals surface area contributed by atoms with Crippen molar-refractivity contribution in [1.29, 1.82) is 0 Å². The molecule has 29 heavy (non-hydrogen) atoms. The summed E-state index contributed by atoms with van der Waals surface area (Å²) in [6, 6.07) is 17.9. The molecule has 3 rings (SSSR count). The second-order valence-corrected chi connectivity index (χ2v) is 8.92. The number of carbonyl (C=O) groups excluding carboxylic acids is 2. The summed E-state index contributed by atoms with van der Waals surface area (Å²) in [4.78, 5) is 29.7. The van der Waals surface area contributed by atoms with Gasteiger partial charge in [0.2, 0.25) is 11.8 Å². The third-order valence-corrected chi connectivity index (χ3v) is 6.33. The number of amides is 2. The van der Waals surface area contributed by atoms with Crippen LogP contribution in [0.4, 0.5) is 5.69 Å². The SMILES string of the molecule is Cc1ccc(NC(=O)CS[C@H](C)C(=O)N2CCN(C)C[C@@H]2c2ccccc2)cc1. The first kappa shape index (κ1) is 21.4. The molecule has 1 heterocycles. The van der Waals surface area contributed by atoms with Crippen LogP contribution in [-0.2, 0) is 9.59 Å². The van der Waals surface area contributed by atoms with Gasteiger partial charge >= 0.3 is 0 Å². The zero-order valence-corrected chi connectivity index (χ0v) is 18.1. The van der Waals surface area contributed by atoms with E-state index in [1.54, 1.807) is 0 Å². The van der Waals surface area contributed by atoms with E-state index < -0.39 is 0 Å². The predicted molar refractivity (Wildman–Crippen MR) is 120 cm³/mol. The Labute approximate surface area is 177 Å². The Morgan fingerprint density at radius 1 is 1.10 bits per heavy atom. The molecule has 0 unspecified atom stereocenters. The fourth-order valence-electron chi connectivity index (χ4n) is 3.48. The summed E-state index contributed by atoms with van der Waals surface area (Å²) in [5, 5.41) is 2.62. The quantitative estimate of drug-likeness (QED) is 0.790. The van der Waals surface area contributed by atoms with E-state index in [-0.39, 0.29) is 28.9 Å². The summed E-state index contributed by atoms with van der Waals surface area (Å²) < 4.78 is 0. The van der Waals surface area contributed by atoms with Gasteiger partial charge in [-0.2, -0.15) is 0 Å². The highest BCUT2D eigenvalue weighted by molar-refractivity contribution is 8.01. The van der Waals surface area contributed by atoms with Crippen LogP contribution in [0.3, 0.4) is 0 Å². The van der Waals surface area contributed by atoms with Crippen molar-refractivity contribution in [2.24, 2.45) is 0 Å². The third kappa shape index (κ3) is 5.84. The van der Waals surface area contributed by atoms with Crippen molar-refractivity contribution in [2.75, 3.05) is 37.8 Å². The molecule has 1 N–H and O–H groups in total. The maximum absolute atomic E-state index is 13.2. The van der Waals surface area contributed by atoms with Crippen LogP contribution in [0.15, 0.2) is 54.6 Å². The molecule has 0 bridgehead atoms. The number of nitrogens with zero attached hydrogens (tertiary/aromatic N) is 2. The number of hydrogen-bond acceptors (Lipinski definition) is 4. The molecular formula is C23H29N3O2S. The maximum Gasteiger partial charge on any atom is 0.236 e. The summed E-state index contributed by atoms with van der Waals surface area (Å²) in [7, 11) is 2.09. The van der Waals surface area contributed by atoms with Crippen molar-refractivity contribution >= 4 is 29.3 Å². The minimum Gasteiger partial charge on any atom is -0.332 e. The molecule has 0 aliphatic carbocycles. The van der Waals surface area contributed by atoms with Gasteiger partial charge in [0.05, 0.1) is 17.0 Å². The van der Waals surface area contributed by atoms with Gasteiger partial charge in [0, 0.05) is 25.3 Å². The Balaban J connectivity index is 1.57. The number of nitrogens with one attached hydrogen (secondary N) is 1. The predicted octanol–water partition coefficient (Wildman–Crippen LogP) is 3.57. The zero-order valence-electron chi connectivity index (χ0n) is 17.3. The first-order valence-corrected chi connectivity index (χ1v) is 11.0. The second-order valence-electron chi connectivity index (χ2n) is 7.59. The second kappa shape index (κ2) is 9.94. The lowest BCUT2D eigenvalue weighted by atomic mass is 10.0. The van der Waals surface area contributed by atoms with Gasteiger partial charge in [0.1, 0.15) is 0 Å². The molecule has 0 saturated carbocycles. The molecule has 2 aromatic carbocycles. The highest BCUT2D eigenvalue weighted by Gasteiger charge is 2.32. The van der Waals surface area contributed by atoms with Crippen molar-refractivity contribution in [3.05, 3.63) is 65.7 Å². The largest absolute Gasteiger partial charge is 0.332 e. The lowest BCUT2D eigenvalue weighted by Crippen LogP contribution is -2.51. The lowest BCUT2D eigenvalue weighted by Gasteiger charge is -2.41. The number of hydrogen-bond donors (Lipinski definition) is 1. The zero-order chi connectivity index (χ0) is 20.8. The van der Waals surface area contributed by atoms with Crippen LogP contribution < -0.4 is 5.32 Å². The van der Waals surface area contributed by atoms with Gasteiger partial charge in [-0.1, -0.05) is 48.0 Å². The molecule has 1 aliphatic heterocycles. The van der Waals surface area contributed by atoms with Crippen molar-refractivity contribution in [3.63, 3.8) is 0 Å². The van der Waals surface area contributed by atoms with Crippen LogP contribution in [0, 0.1) is 6.92 Å². The van der Waals surface area contributed by atoms with E-state index in [0.29, 0.717) is 6.54 Å². The van der Waals surface area contributed by atoms with Crippen LogP contribution in [0.1, 0.15) is 24.1 Å². The number of thioether (sulfide) groups is 1. The molecule has 2 aromatic rings. The molecule has 2 amide bonds. The van der Waals surface area contributed by atoms with Crippen LogP contribution in [0.5, 0.6) is 0 Å². The molecule has 154 valence electrons. The first-order valence-electron chi connectivity index (χ1n) is 9.96. The number of carbonyl (C=O) groups is 2. The van der Waals surface area contributed by atoms with E-state index in [9.17, 15) is 9.59 Å². The number of anilines is 1. The molecule has 0 aromatic heterocycles. The Kier molecular flexibility index (Phi) is 7.34. The number of aryl methyl sites for hydroxylation is 1. The average Bonchev–Trinajstić information content (AvgIpc) is 2.73. The molecule has 1 aliphatic rings. The maximum atomic E-state index is 13.2. The fraction of sp³-hybridized carbons (Fsp3) is 0.391. The van der Waals surface area contributed by atoms with Crippen molar-refractivity contribution in [2.45, 2.75) is 25.1 Å². The van der Waals surface area contributed by atoms with Crippen LogP contribution in [0.25, 0.3) is 0 Å². The van der Waals surface area contributed by atoms with E-state index in [1.807, 2.05) is 61.2 Å². The molecular weight excluding hydrogens is 382 g/mol. The highest BCUT2D eigenvalue weighted by atomic mass is 32.2. The van der Waals surface area contributed by atoms with Crippen LogP contribution >= 0.6 is 11.8 Å². The Hall–Kier alpha value is -2.31. The van der Waals surface area contributed by atoms with E-state index in [0.717, 1.165) is 29.9 Å². The van der Waals surface area contributed by atoms with E-state index in [2.05, 4.69) is 29.4 Å². The van der Waals surface area contributed by atoms with E-state index in [4.69, 9.17) is 0 Å². The standard InChI is InChI=1S/C23H29N3O2S/c1-17-9-11-20(12-10-17)24-22(27)16-29-18(2)23(28)26-14-13-25(3)15-21(26)19-7-5-4-6-8-19/h4-12,18,21H,13-16H2,1-3H3,(H,24,27)/t18-,21-/m1/s1. The van der Waals surface area contributed by atoms with Gasteiger partial charge < -0.3 is 15.1 Å². The topological polar surface area (TPSA) is 52.7 Å². The number of piperazine rings is 1. The Morgan fingerprint density at radius 3 is 2.48 bits per heavy atom. The van der Waals surface area contributed by atoms with E-state index in [1.165, 1.54) is 11.8 Å². The van der Waals surface area contributed by atoms with Crippen LogP contribution in [0.2, 0.25) is 0 Å². The number of rotatable bonds is 6. The normalized spacial score (nSPS) is 18.3. The Bertz CT molecular complexity index is 826. The third-order valence-electron chi connectivity index (χ3n) is 5.20. The molecule has 1 saturated heterocycles. The molecule has 6 heteroatoms. The van der Waals surface area contributed by atoms with Gasteiger partial charge in [-0.3, -0.25) is 9.59 Å². The van der Waals surface area contributed by atoms with Crippen molar-refractivity contribution in [1.82, 2.24) is 9.80 Å². The molecule has 2 atom stereocenters. The smallest absolute Gasteiger partial charge is 0.236 e. The van der Waals surface area contributed by atoms with E-state index >= 15 is 0 Å². The molecule has 1 fully saturated rings. The minimum atomic E-state index is -0.270. The minimum absolute atomic E-state index is 0.0480. The lowest BCUT2D eigenvalue weighted by molar-refractivity contribution is -0.135. The van der Waals surface area contributed by atoms with Gasteiger partial charge in [-0.15, -0.1) is 11.8 Å². The van der Waals surface area contributed by atoms with Gasteiger partial charge in [-0.05, 0) is 38.6 Å². The fourth-order valence-corrected chi connectivity index (χ4v) is 4.23.